The maximum atomic E-state index is 13.1. The molecule has 21 heteroatoms. The molecule has 0 aromatic rings. The highest BCUT2D eigenvalue weighted by Crippen LogP contribution is 2.07. The van der Waals surface area contributed by atoms with Crippen LogP contribution in [0, 0.1) is 5.41 Å². The quantitative estimate of drug-likeness (QED) is 0.0279. The summed E-state index contributed by atoms with van der Waals surface area (Å²) in [7, 11) is 0. The van der Waals surface area contributed by atoms with Crippen molar-refractivity contribution in [3.05, 3.63) is 0 Å². The molecule has 0 aromatic carbocycles. The minimum absolute atomic E-state index is 0.110. The molecule has 0 aliphatic rings. The standard InChI is InChI=1S/C25H42N8O13/c1-11(34)19(23(44)32-15(24(45)46)3-2-10-29-25(27)28)33-22(43)14(6-9-18(39)40)31-21(42)13(5-8-17(37)38)30-20(41)12(26)4-7-16(35)36/h11-15,19,34H,2-10,26H2,1H3,(H,30,41)(H,31,42)(H,32,44)(H,33,43)(H,35,36)(H,37,38)(H,39,40)(H,45,46)(H4,27,28,29)/t11-,12+,13+,14+,15+,19+/m1/s1. The topological polar surface area (TPSA) is 374 Å². The highest BCUT2D eigenvalue weighted by atomic mass is 16.4. The summed E-state index contributed by atoms with van der Waals surface area (Å²) in [6.07, 6.45) is -4.83. The van der Waals surface area contributed by atoms with E-state index < -0.39 is 116 Å². The van der Waals surface area contributed by atoms with Crippen molar-refractivity contribution in [2.45, 2.75) is 94.6 Å². The lowest BCUT2D eigenvalue weighted by Gasteiger charge is -2.27. The first-order valence-electron chi connectivity index (χ1n) is 14.0. The van der Waals surface area contributed by atoms with Gasteiger partial charge in [-0.15, -0.1) is 0 Å². The Bertz CT molecular complexity index is 1130. The van der Waals surface area contributed by atoms with Gasteiger partial charge in [-0.3, -0.25) is 39.0 Å². The highest BCUT2D eigenvalue weighted by Gasteiger charge is 2.34. The normalized spacial score (nSPS) is 14.6. The smallest absolute Gasteiger partial charge is 0.326 e. The lowest BCUT2D eigenvalue weighted by atomic mass is 10.0. The van der Waals surface area contributed by atoms with E-state index in [1.807, 2.05) is 0 Å². The number of carboxylic acids is 4. The first kappa shape index (κ1) is 40.9. The van der Waals surface area contributed by atoms with E-state index in [0.29, 0.717) is 0 Å². The second kappa shape index (κ2) is 20.8. The van der Waals surface area contributed by atoms with Gasteiger partial charge in [-0.1, -0.05) is 0 Å². The maximum Gasteiger partial charge on any atom is 0.326 e. The number of carbonyl (C=O) groups is 8. The van der Waals surface area contributed by atoms with Gasteiger partial charge in [-0.05, 0) is 39.0 Å². The number of hydrogen-bond donors (Lipinski definition) is 13. The highest BCUT2D eigenvalue weighted by molar-refractivity contribution is 5.96. The van der Waals surface area contributed by atoms with E-state index >= 15 is 0 Å². The second-order valence-corrected chi connectivity index (χ2v) is 10.1. The lowest BCUT2D eigenvalue weighted by molar-refractivity contribution is -0.143. The monoisotopic (exact) mass is 662 g/mol. The number of aliphatic carboxylic acids is 4. The second-order valence-electron chi connectivity index (χ2n) is 10.1. The zero-order valence-electron chi connectivity index (χ0n) is 25.0. The number of hydrogen-bond acceptors (Lipinski definition) is 11. The van der Waals surface area contributed by atoms with E-state index in [1.165, 1.54) is 0 Å². The number of nitrogens with two attached hydrogens (primary N) is 2. The lowest BCUT2D eigenvalue weighted by Crippen LogP contribution is -2.60. The Morgan fingerprint density at radius 1 is 0.652 bits per heavy atom. The Morgan fingerprint density at radius 2 is 1.09 bits per heavy atom. The van der Waals surface area contributed by atoms with Crippen molar-refractivity contribution >= 4 is 53.5 Å². The molecule has 0 radical (unpaired) electrons. The molecule has 6 atom stereocenters. The molecular formula is C25H42N8O13. The SMILES string of the molecule is C[C@@H](O)[C@H](NC(=O)[C@H](CCC(=O)O)NC(=O)[C@H](CCC(=O)O)NC(=O)[C@@H](N)CCC(=O)O)C(=O)N[C@@H](CCCNC(=N)N)C(=O)O. The van der Waals surface area contributed by atoms with Gasteiger partial charge in [0.1, 0.15) is 24.2 Å². The van der Waals surface area contributed by atoms with Gasteiger partial charge < -0.3 is 63.6 Å². The predicted octanol–water partition coefficient (Wildman–Crippen LogP) is -4.42. The summed E-state index contributed by atoms with van der Waals surface area (Å²) in [6.45, 7) is 1.20. The molecule has 0 saturated carbocycles. The van der Waals surface area contributed by atoms with E-state index in [-0.39, 0.29) is 31.8 Å². The van der Waals surface area contributed by atoms with Crippen molar-refractivity contribution in [2.24, 2.45) is 11.5 Å². The molecule has 0 aliphatic carbocycles. The van der Waals surface area contributed by atoms with Gasteiger partial charge in [0, 0.05) is 25.8 Å². The molecule has 15 N–H and O–H groups in total. The fourth-order valence-electron chi connectivity index (χ4n) is 3.74. The van der Waals surface area contributed by atoms with E-state index in [2.05, 4.69) is 26.6 Å². The number of carbonyl (C=O) groups excluding carboxylic acids is 4. The van der Waals surface area contributed by atoms with Crippen LogP contribution in [0.25, 0.3) is 0 Å². The Labute approximate surface area is 262 Å². The van der Waals surface area contributed by atoms with Crippen molar-refractivity contribution in [2.75, 3.05) is 6.54 Å². The summed E-state index contributed by atoms with van der Waals surface area (Å²) in [5.74, 6) is -10.3. The fraction of sp³-hybridized carbons (Fsp3) is 0.640. The third-order valence-corrected chi connectivity index (χ3v) is 6.23. The first-order valence-corrected chi connectivity index (χ1v) is 14.0. The molecule has 0 fully saturated rings. The van der Waals surface area contributed by atoms with Crippen molar-refractivity contribution in [1.82, 2.24) is 26.6 Å². The zero-order valence-corrected chi connectivity index (χ0v) is 25.0. The van der Waals surface area contributed by atoms with Crippen LogP contribution in [-0.4, -0.2) is 122 Å². The van der Waals surface area contributed by atoms with Gasteiger partial charge in [0.05, 0.1) is 12.1 Å². The van der Waals surface area contributed by atoms with E-state index in [9.17, 15) is 48.6 Å². The summed E-state index contributed by atoms with van der Waals surface area (Å²) in [5.41, 5.74) is 10.8. The summed E-state index contributed by atoms with van der Waals surface area (Å²) in [6, 6.07) is -8.00. The number of amides is 4. The van der Waals surface area contributed by atoms with Crippen LogP contribution in [0.4, 0.5) is 0 Å². The van der Waals surface area contributed by atoms with Gasteiger partial charge in [0.2, 0.25) is 23.6 Å². The third kappa shape index (κ3) is 17.3. The Hall–Kier alpha value is -5.05. The minimum atomic E-state index is -1.79. The van der Waals surface area contributed by atoms with Gasteiger partial charge in [-0.25, -0.2) is 4.79 Å². The van der Waals surface area contributed by atoms with Crippen LogP contribution in [0.5, 0.6) is 0 Å². The largest absolute Gasteiger partial charge is 0.481 e. The number of nitrogens with one attached hydrogen (secondary N) is 6. The number of rotatable bonds is 23. The molecule has 0 aromatic heterocycles. The molecule has 0 heterocycles. The van der Waals surface area contributed by atoms with Crippen LogP contribution in [0.15, 0.2) is 0 Å². The summed E-state index contributed by atoms with van der Waals surface area (Å²) in [4.78, 5) is 96.3. The van der Waals surface area contributed by atoms with Gasteiger partial charge in [0.25, 0.3) is 0 Å². The number of aliphatic hydroxyl groups is 1. The molecule has 260 valence electrons. The van der Waals surface area contributed by atoms with E-state index in [4.69, 9.17) is 32.2 Å². The summed E-state index contributed by atoms with van der Waals surface area (Å²) in [5, 5.41) is 64.8. The summed E-state index contributed by atoms with van der Waals surface area (Å²) < 4.78 is 0. The average molecular weight is 663 g/mol. The predicted molar refractivity (Wildman–Crippen MR) is 155 cm³/mol. The Kier molecular flexibility index (Phi) is 18.5. The van der Waals surface area contributed by atoms with Crippen LogP contribution in [0.2, 0.25) is 0 Å². The fourth-order valence-corrected chi connectivity index (χ4v) is 3.74. The third-order valence-electron chi connectivity index (χ3n) is 6.23. The number of carboxylic acid groups (broad SMARTS) is 4. The van der Waals surface area contributed by atoms with Crippen molar-refractivity contribution in [1.29, 1.82) is 5.41 Å². The molecule has 4 amide bonds. The van der Waals surface area contributed by atoms with Crippen LogP contribution < -0.4 is 38.1 Å². The van der Waals surface area contributed by atoms with E-state index in [1.54, 1.807) is 0 Å². The van der Waals surface area contributed by atoms with Gasteiger partial charge in [0.15, 0.2) is 5.96 Å². The van der Waals surface area contributed by atoms with Gasteiger partial charge >= 0.3 is 23.9 Å². The van der Waals surface area contributed by atoms with Crippen LogP contribution >= 0.6 is 0 Å². The van der Waals surface area contributed by atoms with Crippen molar-refractivity contribution < 1.29 is 63.9 Å². The molecule has 46 heavy (non-hydrogen) atoms. The number of aliphatic hydroxyl groups excluding tert-OH is 1. The molecule has 0 saturated heterocycles. The average Bonchev–Trinajstić information content (AvgIpc) is 2.94. The Morgan fingerprint density at radius 3 is 1.52 bits per heavy atom. The summed E-state index contributed by atoms with van der Waals surface area (Å²) >= 11 is 0. The molecule has 21 nitrogen and oxygen atoms in total. The molecule has 0 rings (SSSR count). The van der Waals surface area contributed by atoms with Crippen LogP contribution in [0.1, 0.15) is 58.3 Å². The Balaban J connectivity index is 5.87. The van der Waals surface area contributed by atoms with Gasteiger partial charge in [-0.2, -0.15) is 0 Å². The molecule has 0 bridgehead atoms. The van der Waals surface area contributed by atoms with E-state index in [0.717, 1.165) is 6.92 Å². The molecule has 0 aliphatic heterocycles. The van der Waals surface area contributed by atoms with Crippen molar-refractivity contribution in [3.63, 3.8) is 0 Å². The molecule has 0 unspecified atom stereocenters. The van der Waals surface area contributed by atoms with Crippen molar-refractivity contribution in [3.8, 4) is 0 Å². The van der Waals surface area contributed by atoms with Crippen LogP contribution in [-0.2, 0) is 38.4 Å². The first-order chi connectivity index (χ1) is 21.3. The molecule has 0 spiro atoms. The maximum absolute atomic E-state index is 13.1. The molecular weight excluding hydrogens is 620 g/mol. The number of guanidine groups is 1. The zero-order chi connectivity index (χ0) is 35.6. The minimum Gasteiger partial charge on any atom is -0.481 e. The van der Waals surface area contributed by atoms with Crippen LogP contribution in [0.3, 0.4) is 0 Å².